The second kappa shape index (κ2) is 3.67. The molecule has 0 aromatic heterocycles. The van der Waals surface area contributed by atoms with Gasteiger partial charge in [0.15, 0.2) is 0 Å². The van der Waals surface area contributed by atoms with Crippen molar-refractivity contribution in [3.05, 3.63) is 48.2 Å². The van der Waals surface area contributed by atoms with Gasteiger partial charge in [-0.05, 0) is 5.56 Å². The summed E-state index contributed by atoms with van der Waals surface area (Å²) < 4.78 is 5.01. The number of benzene rings is 1. The Balaban J connectivity index is 1.89. The number of fused-ring (bicyclic) bond motifs is 1. The van der Waals surface area contributed by atoms with E-state index < -0.39 is 0 Å². The molecule has 0 radical (unpaired) electrons. The zero-order valence-corrected chi connectivity index (χ0v) is 8.87. The number of ether oxygens (including phenoxy) is 1. The van der Waals surface area contributed by atoms with Gasteiger partial charge in [0.25, 0.3) is 0 Å². The second-order valence-corrected chi connectivity index (χ2v) is 4.16. The van der Waals surface area contributed by atoms with Gasteiger partial charge in [-0.3, -0.25) is 4.90 Å². The minimum Gasteiger partial charge on any atom is -0.449 e. The summed E-state index contributed by atoms with van der Waals surface area (Å²) in [7, 11) is 0. The van der Waals surface area contributed by atoms with Gasteiger partial charge in [0.1, 0.15) is 0 Å². The topological polar surface area (TPSA) is 29.5 Å². The SMILES string of the molecule is O=C1OCC[C@@H]2[C@H](c3ccccc3)C=CN12. The number of cyclic esters (lactones) is 1. The number of hydrogen-bond donors (Lipinski definition) is 0. The van der Waals surface area contributed by atoms with Crippen molar-refractivity contribution >= 4 is 6.09 Å². The quantitative estimate of drug-likeness (QED) is 0.720. The largest absolute Gasteiger partial charge is 0.449 e. The highest BCUT2D eigenvalue weighted by molar-refractivity contribution is 5.71. The van der Waals surface area contributed by atoms with Crippen molar-refractivity contribution in [2.75, 3.05) is 6.61 Å². The van der Waals surface area contributed by atoms with Crippen LogP contribution < -0.4 is 0 Å². The fraction of sp³-hybridized carbons (Fsp3) is 0.308. The lowest BCUT2D eigenvalue weighted by molar-refractivity contribution is 0.0676. The maximum Gasteiger partial charge on any atom is 0.414 e. The van der Waals surface area contributed by atoms with Gasteiger partial charge in [0.2, 0.25) is 0 Å². The predicted octanol–water partition coefficient (Wildman–Crippen LogP) is 2.51. The van der Waals surface area contributed by atoms with Crippen molar-refractivity contribution in [3.63, 3.8) is 0 Å². The summed E-state index contributed by atoms with van der Waals surface area (Å²) in [5.74, 6) is 0.314. The second-order valence-electron chi connectivity index (χ2n) is 4.16. The molecule has 1 amide bonds. The van der Waals surface area contributed by atoms with Gasteiger partial charge in [-0.15, -0.1) is 0 Å². The number of carbonyl (C=O) groups is 1. The first-order chi connectivity index (χ1) is 7.86. The first-order valence-electron chi connectivity index (χ1n) is 5.54. The van der Waals surface area contributed by atoms with Crippen molar-refractivity contribution in [2.24, 2.45) is 0 Å². The number of hydrogen-bond acceptors (Lipinski definition) is 2. The van der Waals surface area contributed by atoms with E-state index in [9.17, 15) is 4.79 Å². The summed E-state index contributed by atoms with van der Waals surface area (Å²) >= 11 is 0. The Morgan fingerprint density at radius 1 is 1.25 bits per heavy atom. The third-order valence-electron chi connectivity index (χ3n) is 3.26. The van der Waals surface area contributed by atoms with E-state index in [1.54, 1.807) is 4.90 Å². The Morgan fingerprint density at radius 3 is 2.88 bits per heavy atom. The molecule has 2 aliphatic heterocycles. The van der Waals surface area contributed by atoms with Crippen molar-refractivity contribution in [2.45, 2.75) is 18.4 Å². The molecule has 2 aliphatic rings. The van der Waals surface area contributed by atoms with Crippen LogP contribution in [0, 0.1) is 0 Å². The molecule has 0 bridgehead atoms. The fourth-order valence-corrected chi connectivity index (χ4v) is 2.46. The van der Waals surface area contributed by atoms with Crippen LogP contribution in [0.2, 0.25) is 0 Å². The summed E-state index contributed by atoms with van der Waals surface area (Å²) in [6.07, 6.45) is 4.63. The molecule has 0 spiro atoms. The molecule has 0 aliphatic carbocycles. The van der Waals surface area contributed by atoms with Crippen molar-refractivity contribution < 1.29 is 9.53 Å². The summed E-state index contributed by atoms with van der Waals surface area (Å²) in [5.41, 5.74) is 1.26. The van der Waals surface area contributed by atoms with Crippen LogP contribution in [0.4, 0.5) is 4.79 Å². The third-order valence-corrected chi connectivity index (χ3v) is 3.26. The standard InChI is InChI=1S/C13H13NO2/c15-13-14-8-6-11(12(14)7-9-16-13)10-4-2-1-3-5-10/h1-6,8,11-12H,7,9H2/t11-,12+/m0/s1. The van der Waals surface area contributed by atoms with Crippen LogP contribution in [-0.2, 0) is 4.74 Å². The van der Waals surface area contributed by atoms with Crippen LogP contribution in [-0.4, -0.2) is 23.6 Å². The molecule has 16 heavy (non-hydrogen) atoms. The van der Waals surface area contributed by atoms with Gasteiger partial charge < -0.3 is 4.74 Å². The number of carbonyl (C=O) groups excluding carboxylic acids is 1. The van der Waals surface area contributed by atoms with Crippen LogP contribution in [0.25, 0.3) is 0 Å². The van der Waals surface area contributed by atoms with Crippen LogP contribution in [0.1, 0.15) is 17.9 Å². The lowest BCUT2D eigenvalue weighted by Gasteiger charge is -2.31. The van der Waals surface area contributed by atoms with E-state index in [-0.39, 0.29) is 12.1 Å². The normalized spacial score (nSPS) is 27.8. The Kier molecular flexibility index (Phi) is 2.17. The Hall–Kier alpha value is -1.77. The lowest BCUT2D eigenvalue weighted by Crippen LogP contribution is -2.41. The van der Waals surface area contributed by atoms with Gasteiger partial charge in [-0.25, -0.2) is 4.79 Å². The third kappa shape index (κ3) is 1.40. The Morgan fingerprint density at radius 2 is 2.06 bits per heavy atom. The van der Waals surface area contributed by atoms with Crippen LogP contribution in [0.3, 0.4) is 0 Å². The minimum atomic E-state index is -0.217. The molecule has 2 heterocycles. The zero-order valence-electron chi connectivity index (χ0n) is 8.87. The monoisotopic (exact) mass is 215 g/mol. The maximum atomic E-state index is 11.5. The summed E-state index contributed by atoms with van der Waals surface area (Å²) in [5, 5.41) is 0. The average molecular weight is 215 g/mol. The number of nitrogens with zero attached hydrogens (tertiary/aromatic N) is 1. The van der Waals surface area contributed by atoms with Crippen LogP contribution in [0.5, 0.6) is 0 Å². The molecule has 1 fully saturated rings. The van der Waals surface area contributed by atoms with Gasteiger partial charge in [0.05, 0.1) is 12.6 Å². The van der Waals surface area contributed by atoms with E-state index in [2.05, 4.69) is 18.2 Å². The molecule has 1 aromatic carbocycles. The number of amides is 1. The molecule has 1 aromatic rings. The molecular weight excluding hydrogens is 202 g/mol. The van der Waals surface area contributed by atoms with E-state index in [1.807, 2.05) is 24.4 Å². The number of rotatable bonds is 1. The first-order valence-corrected chi connectivity index (χ1v) is 5.54. The summed E-state index contributed by atoms with van der Waals surface area (Å²) in [4.78, 5) is 13.2. The molecule has 2 atom stereocenters. The van der Waals surface area contributed by atoms with Crippen molar-refractivity contribution in [3.8, 4) is 0 Å². The molecular formula is C13H13NO2. The predicted molar refractivity (Wildman–Crippen MR) is 59.9 cm³/mol. The fourth-order valence-electron chi connectivity index (χ4n) is 2.46. The van der Waals surface area contributed by atoms with Gasteiger partial charge in [-0.2, -0.15) is 0 Å². The first kappa shape index (κ1) is 9.46. The van der Waals surface area contributed by atoms with Crippen LogP contribution >= 0.6 is 0 Å². The van der Waals surface area contributed by atoms with Gasteiger partial charge in [-0.1, -0.05) is 36.4 Å². The molecule has 0 saturated carbocycles. The van der Waals surface area contributed by atoms with Gasteiger partial charge >= 0.3 is 6.09 Å². The van der Waals surface area contributed by atoms with E-state index in [0.29, 0.717) is 12.5 Å². The van der Waals surface area contributed by atoms with E-state index in [0.717, 1.165) is 6.42 Å². The van der Waals surface area contributed by atoms with Crippen molar-refractivity contribution in [1.82, 2.24) is 4.90 Å². The Bertz CT molecular complexity index is 427. The van der Waals surface area contributed by atoms with Crippen molar-refractivity contribution in [1.29, 1.82) is 0 Å². The van der Waals surface area contributed by atoms with E-state index >= 15 is 0 Å². The zero-order chi connectivity index (χ0) is 11.0. The minimum absolute atomic E-state index is 0.217. The highest BCUT2D eigenvalue weighted by atomic mass is 16.6. The molecule has 3 nitrogen and oxygen atoms in total. The Labute approximate surface area is 94.3 Å². The molecule has 0 unspecified atom stereocenters. The smallest absolute Gasteiger partial charge is 0.414 e. The molecule has 0 N–H and O–H groups in total. The van der Waals surface area contributed by atoms with E-state index in [1.165, 1.54) is 5.56 Å². The molecule has 3 heteroatoms. The molecule has 1 saturated heterocycles. The average Bonchev–Trinajstić information content (AvgIpc) is 2.75. The van der Waals surface area contributed by atoms with Crippen LogP contribution in [0.15, 0.2) is 42.6 Å². The summed E-state index contributed by atoms with van der Waals surface area (Å²) in [6, 6.07) is 10.5. The highest BCUT2D eigenvalue weighted by Crippen LogP contribution is 2.34. The van der Waals surface area contributed by atoms with E-state index in [4.69, 9.17) is 4.74 Å². The maximum absolute atomic E-state index is 11.5. The molecule has 3 rings (SSSR count). The van der Waals surface area contributed by atoms with Gasteiger partial charge in [0, 0.05) is 18.5 Å². The summed E-state index contributed by atoms with van der Waals surface area (Å²) in [6.45, 7) is 0.533. The highest BCUT2D eigenvalue weighted by Gasteiger charge is 2.37. The lowest BCUT2D eigenvalue weighted by atomic mass is 9.91. The molecule has 82 valence electrons.